The first-order valence-corrected chi connectivity index (χ1v) is 10.2. The molecule has 6 nitrogen and oxygen atoms in total. The molecule has 4 rings (SSSR count). The van der Waals surface area contributed by atoms with Gasteiger partial charge in [0.1, 0.15) is 12.3 Å². The number of ether oxygens (including phenoxy) is 3. The zero-order valence-electron chi connectivity index (χ0n) is 17.3. The summed E-state index contributed by atoms with van der Waals surface area (Å²) in [4.78, 5) is 17.8. The van der Waals surface area contributed by atoms with Gasteiger partial charge in [-0.1, -0.05) is 36.4 Å². The van der Waals surface area contributed by atoms with Crippen molar-refractivity contribution in [2.75, 3.05) is 6.61 Å². The van der Waals surface area contributed by atoms with E-state index in [0.29, 0.717) is 36.0 Å². The lowest BCUT2D eigenvalue weighted by Gasteiger charge is -2.27. The lowest BCUT2D eigenvalue weighted by Crippen LogP contribution is -2.28. The fourth-order valence-corrected chi connectivity index (χ4v) is 3.63. The molecule has 1 atom stereocenters. The molecule has 3 heterocycles. The largest absolute Gasteiger partial charge is 0.483 e. The molecule has 30 heavy (non-hydrogen) atoms. The first-order chi connectivity index (χ1) is 14.6. The summed E-state index contributed by atoms with van der Waals surface area (Å²) in [7, 11) is 1.87. The topological polar surface area (TPSA) is 62.6 Å². The predicted molar refractivity (Wildman–Crippen MR) is 115 cm³/mol. The SMILES string of the molecule is Cc1c(OC2CCCCO2)n(C)c(-c2ccccn2)c(OCc2ccccc2)c1=O. The highest BCUT2D eigenvalue weighted by Crippen LogP contribution is 2.32. The quantitative estimate of drug-likeness (QED) is 0.613. The van der Waals surface area contributed by atoms with Crippen molar-refractivity contribution >= 4 is 0 Å². The Hall–Kier alpha value is -3.12. The smallest absolute Gasteiger partial charge is 0.230 e. The molecule has 0 amide bonds. The maximum Gasteiger partial charge on any atom is 0.230 e. The molecule has 1 aliphatic heterocycles. The van der Waals surface area contributed by atoms with Gasteiger partial charge in [-0.25, -0.2) is 0 Å². The zero-order valence-corrected chi connectivity index (χ0v) is 17.3. The third kappa shape index (κ3) is 4.24. The zero-order chi connectivity index (χ0) is 20.9. The average Bonchev–Trinajstić information content (AvgIpc) is 2.80. The molecule has 1 aliphatic rings. The first kappa shape index (κ1) is 20.2. The first-order valence-electron chi connectivity index (χ1n) is 10.2. The number of aromatic nitrogens is 2. The number of nitrogens with zero attached hydrogens (tertiary/aromatic N) is 2. The Morgan fingerprint density at radius 3 is 2.63 bits per heavy atom. The van der Waals surface area contributed by atoms with Gasteiger partial charge >= 0.3 is 0 Å². The number of rotatable bonds is 6. The molecule has 0 aliphatic carbocycles. The van der Waals surface area contributed by atoms with E-state index in [1.165, 1.54) is 0 Å². The molecule has 0 bridgehead atoms. The van der Waals surface area contributed by atoms with Gasteiger partial charge in [0.2, 0.25) is 17.6 Å². The molecule has 1 saturated heterocycles. The lowest BCUT2D eigenvalue weighted by atomic mass is 10.1. The Balaban J connectivity index is 1.77. The van der Waals surface area contributed by atoms with Crippen LogP contribution in [-0.4, -0.2) is 22.4 Å². The Morgan fingerprint density at radius 1 is 1.13 bits per heavy atom. The predicted octanol–water partition coefficient (Wildman–Crippen LogP) is 4.24. The van der Waals surface area contributed by atoms with E-state index in [-0.39, 0.29) is 17.5 Å². The fraction of sp³-hybridized carbons (Fsp3) is 0.333. The van der Waals surface area contributed by atoms with Gasteiger partial charge in [0, 0.05) is 19.7 Å². The fourth-order valence-electron chi connectivity index (χ4n) is 3.63. The summed E-state index contributed by atoms with van der Waals surface area (Å²) in [6.07, 6.45) is 4.23. The van der Waals surface area contributed by atoms with Crippen LogP contribution in [-0.2, 0) is 18.4 Å². The van der Waals surface area contributed by atoms with Crippen molar-refractivity contribution in [1.29, 1.82) is 0 Å². The van der Waals surface area contributed by atoms with Gasteiger partial charge in [-0.3, -0.25) is 9.78 Å². The van der Waals surface area contributed by atoms with E-state index in [2.05, 4.69) is 4.98 Å². The second-order valence-corrected chi connectivity index (χ2v) is 7.40. The summed E-state index contributed by atoms with van der Waals surface area (Å²) in [5, 5.41) is 0. The van der Waals surface area contributed by atoms with Gasteiger partial charge in [0.15, 0.2) is 5.75 Å². The van der Waals surface area contributed by atoms with Gasteiger partial charge < -0.3 is 18.8 Å². The maximum absolute atomic E-state index is 13.3. The van der Waals surface area contributed by atoms with Crippen LogP contribution in [0.4, 0.5) is 0 Å². The normalized spacial score (nSPS) is 16.3. The van der Waals surface area contributed by atoms with E-state index in [0.717, 1.165) is 24.8 Å². The van der Waals surface area contributed by atoms with Crippen LogP contribution in [0, 0.1) is 6.92 Å². The molecule has 0 N–H and O–H groups in total. The Morgan fingerprint density at radius 2 is 1.93 bits per heavy atom. The third-order valence-corrected chi connectivity index (χ3v) is 5.24. The Bertz CT molecular complexity index is 1040. The van der Waals surface area contributed by atoms with Crippen molar-refractivity contribution < 1.29 is 14.2 Å². The van der Waals surface area contributed by atoms with Crippen LogP contribution in [0.1, 0.15) is 30.4 Å². The maximum atomic E-state index is 13.3. The Kier molecular flexibility index (Phi) is 6.14. The molecule has 1 unspecified atom stereocenters. The minimum Gasteiger partial charge on any atom is -0.483 e. The van der Waals surface area contributed by atoms with Gasteiger partial charge in [-0.2, -0.15) is 0 Å². The van der Waals surface area contributed by atoms with E-state index in [1.807, 2.05) is 60.1 Å². The van der Waals surface area contributed by atoms with Crippen LogP contribution in [0.15, 0.2) is 59.5 Å². The van der Waals surface area contributed by atoms with Crippen molar-refractivity contribution in [2.45, 2.75) is 39.1 Å². The summed E-state index contributed by atoms with van der Waals surface area (Å²) < 4.78 is 19.8. The van der Waals surface area contributed by atoms with Gasteiger partial charge in [-0.15, -0.1) is 0 Å². The summed E-state index contributed by atoms with van der Waals surface area (Å²) in [6.45, 7) is 2.72. The summed E-state index contributed by atoms with van der Waals surface area (Å²) in [6, 6.07) is 15.4. The second kappa shape index (κ2) is 9.13. The van der Waals surface area contributed by atoms with Crippen LogP contribution in [0.25, 0.3) is 11.4 Å². The molecule has 6 heteroatoms. The third-order valence-electron chi connectivity index (χ3n) is 5.24. The minimum atomic E-state index is -0.351. The number of hydrogen-bond acceptors (Lipinski definition) is 5. The van der Waals surface area contributed by atoms with E-state index >= 15 is 0 Å². The molecule has 3 aromatic rings. The highest BCUT2D eigenvalue weighted by molar-refractivity contribution is 5.65. The molecule has 2 aromatic heterocycles. The monoisotopic (exact) mass is 406 g/mol. The van der Waals surface area contributed by atoms with Crippen LogP contribution in [0.2, 0.25) is 0 Å². The summed E-state index contributed by atoms with van der Waals surface area (Å²) in [5.74, 6) is 0.758. The van der Waals surface area contributed by atoms with E-state index in [9.17, 15) is 4.79 Å². The molecular formula is C24H26N2O4. The van der Waals surface area contributed by atoms with E-state index in [4.69, 9.17) is 14.2 Å². The highest BCUT2D eigenvalue weighted by atomic mass is 16.7. The molecule has 1 aromatic carbocycles. The van der Waals surface area contributed by atoms with Crippen LogP contribution in [0.5, 0.6) is 11.6 Å². The lowest BCUT2D eigenvalue weighted by molar-refractivity contribution is -0.109. The molecule has 0 radical (unpaired) electrons. The standard InChI is InChI=1S/C24H26N2O4/c1-17-22(27)23(29-16-18-10-4-3-5-11-18)21(19-12-6-8-14-25-19)26(2)24(17)30-20-13-7-9-15-28-20/h3-6,8,10-12,14,20H,7,9,13,15-16H2,1-2H3. The van der Waals surface area contributed by atoms with Gasteiger partial charge in [0.05, 0.1) is 17.9 Å². The summed E-state index contributed by atoms with van der Waals surface area (Å²) >= 11 is 0. The van der Waals surface area contributed by atoms with Crippen LogP contribution in [0.3, 0.4) is 0 Å². The molecule has 0 saturated carbocycles. The highest BCUT2D eigenvalue weighted by Gasteiger charge is 2.25. The van der Waals surface area contributed by atoms with Crippen molar-refractivity contribution in [3.05, 3.63) is 76.1 Å². The molecule has 0 spiro atoms. The summed E-state index contributed by atoms with van der Waals surface area (Å²) in [5.41, 5.74) is 2.52. The molecule has 1 fully saturated rings. The van der Waals surface area contributed by atoms with Crippen LogP contribution >= 0.6 is 0 Å². The van der Waals surface area contributed by atoms with E-state index in [1.54, 1.807) is 13.1 Å². The molecular weight excluding hydrogens is 380 g/mol. The van der Waals surface area contributed by atoms with E-state index < -0.39 is 0 Å². The van der Waals surface area contributed by atoms with Gasteiger partial charge in [-0.05, 0) is 37.5 Å². The van der Waals surface area contributed by atoms with Crippen molar-refractivity contribution in [3.63, 3.8) is 0 Å². The van der Waals surface area contributed by atoms with Crippen molar-refractivity contribution in [3.8, 4) is 23.0 Å². The van der Waals surface area contributed by atoms with Crippen molar-refractivity contribution in [2.24, 2.45) is 7.05 Å². The van der Waals surface area contributed by atoms with Crippen molar-refractivity contribution in [1.82, 2.24) is 9.55 Å². The number of benzene rings is 1. The number of pyridine rings is 2. The minimum absolute atomic E-state index is 0.199. The number of hydrogen-bond donors (Lipinski definition) is 0. The second-order valence-electron chi connectivity index (χ2n) is 7.40. The average molecular weight is 406 g/mol. The van der Waals surface area contributed by atoms with Crippen LogP contribution < -0.4 is 14.9 Å². The Labute approximate surface area is 176 Å². The molecule has 156 valence electrons. The van der Waals surface area contributed by atoms with Gasteiger partial charge in [0.25, 0.3) is 0 Å².